The predicted octanol–water partition coefficient (Wildman–Crippen LogP) is 2.42. The molecule has 0 saturated heterocycles. The molecule has 1 heterocycles. The van der Waals surface area contributed by atoms with Gasteiger partial charge in [0.2, 0.25) is 0 Å². The van der Waals surface area contributed by atoms with Crippen LogP contribution in [0.1, 0.15) is 6.92 Å². The molecular formula is C11H12FN3O. The van der Waals surface area contributed by atoms with Gasteiger partial charge in [0.25, 0.3) is 0 Å². The highest BCUT2D eigenvalue weighted by Gasteiger charge is 2.05. The van der Waals surface area contributed by atoms with Crippen molar-refractivity contribution < 1.29 is 9.13 Å². The maximum Gasteiger partial charge on any atom is 0.165 e. The maximum absolute atomic E-state index is 13.0. The van der Waals surface area contributed by atoms with Gasteiger partial charge in [-0.25, -0.2) is 4.39 Å². The van der Waals surface area contributed by atoms with E-state index in [1.165, 1.54) is 18.2 Å². The average Bonchev–Trinajstić information content (AvgIpc) is 2.71. The highest BCUT2D eigenvalue weighted by atomic mass is 19.1. The molecule has 0 unspecified atom stereocenters. The number of aryl methyl sites for hydroxylation is 1. The van der Waals surface area contributed by atoms with Crippen LogP contribution in [0.15, 0.2) is 30.6 Å². The summed E-state index contributed by atoms with van der Waals surface area (Å²) < 4.78 is 20.1. The summed E-state index contributed by atoms with van der Waals surface area (Å²) in [4.78, 5) is 0. The van der Waals surface area contributed by atoms with Crippen LogP contribution in [0.25, 0.3) is 0 Å². The fraction of sp³-hybridized carbons (Fsp3) is 0.182. The summed E-state index contributed by atoms with van der Waals surface area (Å²) in [7, 11) is 0. The Kier molecular flexibility index (Phi) is 2.76. The van der Waals surface area contributed by atoms with E-state index >= 15 is 0 Å². The second kappa shape index (κ2) is 4.22. The van der Waals surface area contributed by atoms with Gasteiger partial charge in [-0.2, -0.15) is 5.10 Å². The van der Waals surface area contributed by atoms with E-state index in [0.29, 0.717) is 17.2 Å². The summed E-state index contributed by atoms with van der Waals surface area (Å²) in [5, 5.41) is 4.04. The van der Waals surface area contributed by atoms with Crippen LogP contribution in [-0.2, 0) is 6.54 Å². The van der Waals surface area contributed by atoms with Crippen molar-refractivity contribution in [2.24, 2.45) is 0 Å². The fourth-order valence-corrected chi connectivity index (χ4v) is 1.29. The lowest BCUT2D eigenvalue weighted by Gasteiger charge is -2.05. The maximum atomic E-state index is 13.0. The van der Waals surface area contributed by atoms with Crippen molar-refractivity contribution in [2.45, 2.75) is 13.5 Å². The molecule has 2 aromatic rings. The molecule has 2 N–H and O–H groups in total. The molecule has 0 spiro atoms. The molecule has 0 radical (unpaired) electrons. The third-order valence-electron chi connectivity index (χ3n) is 2.14. The summed E-state index contributed by atoms with van der Waals surface area (Å²) in [6.07, 6.45) is 3.29. The molecule has 0 aliphatic carbocycles. The van der Waals surface area contributed by atoms with Crippen molar-refractivity contribution in [3.63, 3.8) is 0 Å². The Morgan fingerprint density at radius 1 is 1.50 bits per heavy atom. The second-order valence-electron chi connectivity index (χ2n) is 3.32. The van der Waals surface area contributed by atoms with Crippen molar-refractivity contribution in [3.05, 3.63) is 36.4 Å². The monoisotopic (exact) mass is 221 g/mol. The number of hydrogen-bond donors (Lipinski definition) is 1. The van der Waals surface area contributed by atoms with Crippen LogP contribution in [0.2, 0.25) is 0 Å². The third-order valence-corrected chi connectivity index (χ3v) is 2.14. The van der Waals surface area contributed by atoms with Crippen LogP contribution in [0.5, 0.6) is 11.5 Å². The zero-order valence-electron chi connectivity index (χ0n) is 8.85. The van der Waals surface area contributed by atoms with E-state index in [-0.39, 0.29) is 5.82 Å². The number of aromatic nitrogens is 2. The lowest BCUT2D eigenvalue weighted by atomic mass is 10.3. The minimum absolute atomic E-state index is 0.302. The number of rotatable bonds is 3. The van der Waals surface area contributed by atoms with Crippen LogP contribution >= 0.6 is 0 Å². The molecule has 0 amide bonds. The lowest BCUT2D eigenvalue weighted by molar-refractivity contribution is 0.478. The van der Waals surface area contributed by atoms with Crippen molar-refractivity contribution in [3.8, 4) is 11.5 Å². The van der Waals surface area contributed by atoms with Crippen LogP contribution in [-0.4, -0.2) is 9.78 Å². The minimum atomic E-state index is -0.382. The molecule has 5 heteroatoms. The van der Waals surface area contributed by atoms with E-state index in [1.54, 1.807) is 17.1 Å². The van der Waals surface area contributed by atoms with Crippen LogP contribution in [0.4, 0.5) is 10.1 Å². The normalized spacial score (nSPS) is 10.4. The highest BCUT2D eigenvalue weighted by molar-refractivity contribution is 5.53. The van der Waals surface area contributed by atoms with Gasteiger partial charge in [-0.15, -0.1) is 0 Å². The first-order valence-electron chi connectivity index (χ1n) is 4.94. The number of nitrogen functional groups attached to an aromatic ring is 1. The van der Waals surface area contributed by atoms with Gasteiger partial charge in [0.1, 0.15) is 5.82 Å². The molecule has 1 aromatic heterocycles. The Hall–Kier alpha value is -2.04. The fourth-order valence-electron chi connectivity index (χ4n) is 1.29. The number of benzene rings is 1. The number of halogens is 1. The van der Waals surface area contributed by atoms with Crippen LogP contribution < -0.4 is 10.5 Å². The number of ether oxygens (including phenoxy) is 1. The molecule has 84 valence electrons. The summed E-state index contributed by atoms with van der Waals surface area (Å²) in [5.41, 5.74) is 6.05. The van der Waals surface area contributed by atoms with E-state index in [2.05, 4.69) is 5.10 Å². The number of nitrogens with zero attached hydrogens (tertiary/aromatic N) is 2. The van der Waals surface area contributed by atoms with Crippen molar-refractivity contribution >= 4 is 5.69 Å². The first-order valence-corrected chi connectivity index (χ1v) is 4.94. The van der Waals surface area contributed by atoms with E-state index in [9.17, 15) is 4.39 Å². The summed E-state index contributed by atoms with van der Waals surface area (Å²) in [6.45, 7) is 2.72. The smallest absolute Gasteiger partial charge is 0.165 e. The summed E-state index contributed by atoms with van der Waals surface area (Å²) >= 11 is 0. The molecule has 1 aromatic carbocycles. The second-order valence-corrected chi connectivity index (χ2v) is 3.32. The highest BCUT2D eigenvalue weighted by Crippen LogP contribution is 2.27. The van der Waals surface area contributed by atoms with E-state index in [4.69, 9.17) is 10.5 Å². The zero-order chi connectivity index (χ0) is 11.5. The zero-order valence-corrected chi connectivity index (χ0v) is 8.85. The minimum Gasteiger partial charge on any atom is -0.452 e. The standard InChI is InChI=1S/C11H12FN3O/c1-2-15-7-9(6-14-15)16-11-5-8(12)3-4-10(11)13/h3-7H,2,13H2,1H3. The first-order chi connectivity index (χ1) is 7.69. The Bertz CT molecular complexity index is 496. The average molecular weight is 221 g/mol. The molecule has 0 saturated carbocycles. The summed E-state index contributed by atoms with van der Waals surface area (Å²) in [5.74, 6) is 0.460. The van der Waals surface area contributed by atoms with Gasteiger partial charge in [-0.3, -0.25) is 4.68 Å². The number of anilines is 1. The SMILES string of the molecule is CCn1cc(Oc2cc(F)ccc2N)cn1. The Morgan fingerprint density at radius 3 is 3.00 bits per heavy atom. The van der Waals surface area contributed by atoms with Crippen LogP contribution in [0.3, 0.4) is 0 Å². The van der Waals surface area contributed by atoms with E-state index in [1.807, 2.05) is 6.92 Å². The Labute approximate surface area is 92.4 Å². The Balaban J connectivity index is 2.22. The third kappa shape index (κ3) is 2.13. The number of nitrogens with two attached hydrogens (primary N) is 1. The summed E-state index contributed by atoms with van der Waals surface area (Å²) in [6, 6.07) is 4.01. The van der Waals surface area contributed by atoms with Gasteiger partial charge in [0.15, 0.2) is 11.5 Å². The van der Waals surface area contributed by atoms with Gasteiger partial charge in [0.05, 0.1) is 18.1 Å². The van der Waals surface area contributed by atoms with E-state index < -0.39 is 0 Å². The Morgan fingerprint density at radius 2 is 2.31 bits per heavy atom. The van der Waals surface area contributed by atoms with Gasteiger partial charge >= 0.3 is 0 Å². The van der Waals surface area contributed by atoms with Crippen LogP contribution in [0, 0.1) is 5.82 Å². The lowest BCUT2D eigenvalue weighted by Crippen LogP contribution is -1.93. The molecule has 0 fully saturated rings. The quantitative estimate of drug-likeness (QED) is 0.810. The molecule has 2 rings (SSSR count). The number of hydrogen-bond acceptors (Lipinski definition) is 3. The van der Waals surface area contributed by atoms with E-state index in [0.717, 1.165) is 6.54 Å². The van der Waals surface area contributed by atoms with Crippen molar-refractivity contribution in [2.75, 3.05) is 5.73 Å². The molecular weight excluding hydrogens is 209 g/mol. The van der Waals surface area contributed by atoms with Crippen molar-refractivity contribution in [1.29, 1.82) is 0 Å². The predicted molar refractivity (Wildman–Crippen MR) is 58.8 cm³/mol. The molecule has 0 atom stereocenters. The van der Waals surface area contributed by atoms with Gasteiger partial charge in [-0.05, 0) is 19.1 Å². The molecule has 16 heavy (non-hydrogen) atoms. The van der Waals surface area contributed by atoms with Gasteiger partial charge in [-0.1, -0.05) is 0 Å². The molecule has 0 aliphatic heterocycles. The topological polar surface area (TPSA) is 53.1 Å². The molecule has 4 nitrogen and oxygen atoms in total. The van der Waals surface area contributed by atoms with Gasteiger partial charge < -0.3 is 10.5 Å². The largest absolute Gasteiger partial charge is 0.452 e. The first kappa shape index (κ1) is 10.5. The molecule has 0 bridgehead atoms. The van der Waals surface area contributed by atoms with Crippen molar-refractivity contribution in [1.82, 2.24) is 9.78 Å². The molecule has 0 aliphatic rings. The van der Waals surface area contributed by atoms with Gasteiger partial charge in [0, 0.05) is 12.6 Å².